The van der Waals surface area contributed by atoms with Gasteiger partial charge in [-0.05, 0) is 43.5 Å². The third kappa shape index (κ3) is 3.96. The zero-order valence-electron chi connectivity index (χ0n) is 14.8. The second kappa shape index (κ2) is 7.89. The second-order valence-corrected chi connectivity index (χ2v) is 6.49. The van der Waals surface area contributed by atoms with Crippen molar-refractivity contribution in [3.05, 3.63) is 30.0 Å². The van der Waals surface area contributed by atoms with E-state index >= 15 is 0 Å². The van der Waals surface area contributed by atoms with Gasteiger partial charge in [0.05, 0.1) is 25.7 Å². The van der Waals surface area contributed by atoms with Gasteiger partial charge in [-0.2, -0.15) is 0 Å². The summed E-state index contributed by atoms with van der Waals surface area (Å²) in [5, 5.41) is 11.3. The van der Waals surface area contributed by atoms with E-state index in [-0.39, 0.29) is 5.97 Å². The minimum Gasteiger partial charge on any atom is -0.497 e. The van der Waals surface area contributed by atoms with Gasteiger partial charge in [0, 0.05) is 36.7 Å². The standard InChI is InChI=1S/C19H26N2O4/c1-3-25-19(23)16-12-21(9-7-18(16)22)8-6-13-11-20-17-5-4-14(24-2)10-15(13)17/h4-5,10-11,16,18,20,22H,3,6-9,12H2,1-2H3/t16-,18+/m1/s1. The van der Waals surface area contributed by atoms with E-state index in [0.717, 1.165) is 30.8 Å². The van der Waals surface area contributed by atoms with E-state index in [0.29, 0.717) is 19.6 Å². The lowest BCUT2D eigenvalue weighted by molar-refractivity contribution is -0.155. The van der Waals surface area contributed by atoms with Crippen LogP contribution in [0.25, 0.3) is 10.9 Å². The molecule has 2 aromatic rings. The van der Waals surface area contributed by atoms with Crippen molar-refractivity contribution in [1.82, 2.24) is 9.88 Å². The number of esters is 1. The largest absolute Gasteiger partial charge is 0.497 e. The summed E-state index contributed by atoms with van der Waals surface area (Å²) in [4.78, 5) is 17.5. The molecular weight excluding hydrogens is 320 g/mol. The molecule has 0 aliphatic carbocycles. The fourth-order valence-electron chi connectivity index (χ4n) is 3.46. The van der Waals surface area contributed by atoms with Crippen LogP contribution in [0.1, 0.15) is 18.9 Å². The summed E-state index contributed by atoms with van der Waals surface area (Å²) < 4.78 is 10.4. The number of methoxy groups -OCH3 is 1. The van der Waals surface area contributed by atoms with Crippen molar-refractivity contribution >= 4 is 16.9 Å². The van der Waals surface area contributed by atoms with E-state index in [4.69, 9.17) is 9.47 Å². The summed E-state index contributed by atoms with van der Waals surface area (Å²) in [6.07, 6.45) is 2.91. The van der Waals surface area contributed by atoms with Crippen LogP contribution in [0.5, 0.6) is 5.75 Å². The minimum atomic E-state index is -0.604. The highest BCUT2D eigenvalue weighted by atomic mass is 16.5. The Bertz CT molecular complexity index is 727. The Labute approximate surface area is 147 Å². The van der Waals surface area contributed by atoms with Crippen LogP contribution in [0.2, 0.25) is 0 Å². The van der Waals surface area contributed by atoms with Gasteiger partial charge in [0.2, 0.25) is 0 Å². The third-order valence-corrected chi connectivity index (χ3v) is 4.92. The number of carbonyl (C=O) groups excluding carboxylic acids is 1. The summed E-state index contributed by atoms with van der Waals surface area (Å²) in [6, 6.07) is 6.01. The molecule has 6 nitrogen and oxygen atoms in total. The van der Waals surface area contributed by atoms with E-state index < -0.39 is 12.0 Å². The van der Waals surface area contributed by atoms with Gasteiger partial charge in [0.25, 0.3) is 0 Å². The van der Waals surface area contributed by atoms with E-state index in [1.807, 2.05) is 24.4 Å². The molecule has 3 rings (SSSR count). The van der Waals surface area contributed by atoms with Crippen molar-refractivity contribution in [2.24, 2.45) is 5.92 Å². The Kier molecular flexibility index (Phi) is 5.60. The first-order valence-corrected chi connectivity index (χ1v) is 8.83. The molecule has 1 aromatic carbocycles. The number of H-pyrrole nitrogens is 1. The molecule has 1 aliphatic rings. The van der Waals surface area contributed by atoms with Gasteiger partial charge in [-0.25, -0.2) is 0 Å². The molecule has 1 fully saturated rings. The quantitative estimate of drug-likeness (QED) is 0.782. The molecule has 0 spiro atoms. The Morgan fingerprint density at radius 3 is 3.04 bits per heavy atom. The highest BCUT2D eigenvalue weighted by Gasteiger charge is 2.34. The maximum atomic E-state index is 12.0. The molecule has 0 saturated carbocycles. The normalized spacial score (nSPS) is 21.4. The lowest BCUT2D eigenvalue weighted by atomic mass is 9.94. The Hall–Kier alpha value is -2.05. The van der Waals surface area contributed by atoms with Gasteiger partial charge in [0.1, 0.15) is 5.75 Å². The number of carbonyl (C=O) groups is 1. The molecule has 0 bridgehead atoms. The molecule has 25 heavy (non-hydrogen) atoms. The van der Waals surface area contributed by atoms with Crippen molar-refractivity contribution in [2.75, 3.05) is 33.4 Å². The number of fused-ring (bicyclic) bond motifs is 1. The number of ether oxygens (including phenoxy) is 2. The molecule has 136 valence electrons. The number of piperidine rings is 1. The second-order valence-electron chi connectivity index (χ2n) is 6.49. The first-order valence-electron chi connectivity index (χ1n) is 8.83. The smallest absolute Gasteiger partial charge is 0.312 e. The van der Waals surface area contributed by atoms with Crippen molar-refractivity contribution in [3.63, 3.8) is 0 Å². The van der Waals surface area contributed by atoms with Gasteiger partial charge in [-0.3, -0.25) is 4.79 Å². The van der Waals surface area contributed by atoms with Gasteiger partial charge in [-0.1, -0.05) is 0 Å². The van der Waals surface area contributed by atoms with Crippen LogP contribution in [-0.2, 0) is 16.0 Å². The molecule has 6 heteroatoms. The fraction of sp³-hybridized carbons (Fsp3) is 0.526. The lowest BCUT2D eigenvalue weighted by Gasteiger charge is -2.34. The zero-order chi connectivity index (χ0) is 17.8. The number of aromatic amines is 1. The molecule has 0 amide bonds. The SMILES string of the molecule is CCOC(=O)[C@@H]1CN(CCc2c[nH]c3ccc(OC)cc23)CC[C@@H]1O. The predicted molar refractivity (Wildman–Crippen MR) is 95.7 cm³/mol. The average Bonchev–Trinajstić information content (AvgIpc) is 3.03. The van der Waals surface area contributed by atoms with Crippen LogP contribution in [0.4, 0.5) is 0 Å². The zero-order valence-corrected chi connectivity index (χ0v) is 14.8. The summed E-state index contributed by atoms with van der Waals surface area (Å²) in [6.45, 7) is 4.32. The predicted octanol–water partition coefficient (Wildman–Crippen LogP) is 1.96. The molecular formula is C19H26N2O4. The fourth-order valence-corrected chi connectivity index (χ4v) is 3.46. The Balaban J connectivity index is 1.64. The highest BCUT2D eigenvalue weighted by molar-refractivity contribution is 5.84. The number of aliphatic hydroxyl groups is 1. The van der Waals surface area contributed by atoms with Crippen LogP contribution >= 0.6 is 0 Å². The number of rotatable bonds is 6. The van der Waals surface area contributed by atoms with Gasteiger partial charge in [-0.15, -0.1) is 0 Å². The molecule has 2 heterocycles. The Morgan fingerprint density at radius 2 is 2.28 bits per heavy atom. The number of hydrogen-bond donors (Lipinski definition) is 2. The summed E-state index contributed by atoms with van der Waals surface area (Å²) in [5.41, 5.74) is 2.32. The highest BCUT2D eigenvalue weighted by Crippen LogP contribution is 2.25. The number of nitrogens with one attached hydrogen (secondary N) is 1. The topological polar surface area (TPSA) is 74.8 Å². The van der Waals surface area contributed by atoms with Crippen LogP contribution in [-0.4, -0.2) is 60.4 Å². The maximum Gasteiger partial charge on any atom is 0.312 e. The summed E-state index contributed by atoms with van der Waals surface area (Å²) in [7, 11) is 1.67. The average molecular weight is 346 g/mol. The maximum absolute atomic E-state index is 12.0. The number of likely N-dealkylation sites (tertiary alicyclic amines) is 1. The number of hydrogen-bond acceptors (Lipinski definition) is 5. The minimum absolute atomic E-state index is 0.295. The lowest BCUT2D eigenvalue weighted by Crippen LogP contribution is -2.47. The molecule has 1 saturated heterocycles. The summed E-state index contributed by atoms with van der Waals surface area (Å²) in [5.74, 6) is 0.102. The van der Waals surface area contributed by atoms with Crippen molar-refractivity contribution < 1.29 is 19.4 Å². The monoisotopic (exact) mass is 346 g/mol. The van der Waals surface area contributed by atoms with Gasteiger partial charge >= 0.3 is 5.97 Å². The van der Waals surface area contributed by atoms with Crippen LogP contribution in [0.15, 0.2) is 24.4 Å². The number of aliphatic hydroxyl groups excluding tert-OH is 1. The third-order valence-electron chi connectivity index (χ3n) is 4.92. The molecule has 0 radical (unpaired) electrons. The first kappa shape index (κ1) is 17.8. The van der Waals surface area contributed by atoms with E-state index in [1.54, 1.807) is 14.0 Å². The van der Waals surface area contributed by atoms with Crippen molar-refractivity contribution in [2.45, 2.75) is 25.9 Å². The number of benzene rings is 1. The van der Waals surface area contributed by atoms with Crippen molar-refractivity contribution in [1.29, 1.82) is 0 Å². The molecule has 2 atom stereocenters. The van der Waals surface area contributed by atoms with E-state index in [2.05, 4.69) is 9.88 Å². The van der Waals surface area contributed by atoms with E-state index in [9.17, 15) is 9.90 Å². The summed E-state index contributed by atoms with van der Waals surface area (Å²) >= 11 is 0. The van der Waals surface area contributed by atoms with Gasteiger partial charge < -0.3 is 24.5 Å². The van der Waals surface area contributed by atoms with Crippen LogP contribution < -0.4 is 4.74 Å². The molecule has 1 aromatic heterocycles. The van der Waals surface area contributed by atoms with Crippen LogP contribution in [0, 0.1) is 5.92 Å². The first-order chi connectivity index (χ1) is 12.1. The van der Waals surface area contributed by atoms with Crippen molar-refractivity contribution in [3.8, 4) is 5.75 Å². The van der Waals surface area contributed by atoms with Gasteiger partial charge in [0.15, 0.2) is 0 Å². The number of nitrogens with zero attached hydrogens (tertiary/aromatic N) is 1. The Morgan fingerprint density at radius 1 is 1.44 bits per heavy atom. The van der Waals surface area contributed by atoms with E-state index in [1.165, 1.54) is 10.9 Å². The molecule has 2 N–H and O–H groups in total. The molecule has 1 aliphatic heterocycles. The molecule has 0 unspecified atom stereocenters. The van der Waals surface area contributed by atoms with Crippen LogP contribution in [0.3, 0.4) is 0 Å². The number of aromatic nitrogens is 1.